The summed E-state index contributed by atoms with van der Waals surface area (Å²) in [4.78, 5) is 16.2. The molecule has 0 radical (unpaired) electrons. The fraction of sp³-hybridized carbons (Fsp3) is 0.231. The van der Waals surface area contributed by atoms with E-state index in [-0.39, 0.29) is 5.56 Å². The van der Waals surface area contributed by atoms with Crippen LogP contribution in [0.5, 0.6) is 0 Å². The van der Waals surface area contributed by atoms with E-state index in [1.54, 1.807) is 4.57 Å². The molecule has 86 valence electrons. The highest BCUT2D eigenvalue weighted by Gasteiger charge is 2.12. The summed E-state index contributed by atoms with van der Waals surface area (Å²) in [7, 11) is 0. The van der Waals surface area contributed by atoms with Gasteiger partial charge in [0.2, 0.25) is 0 Å². The highest BCUT2D eigenvalue weighted by atomic mass is 16.3. The molecular weight excluding hydrogens is 216 g/mol. The van der Waals surface area contributed by atoms with Crippen molar-refractivity contribution >= 4 is 22.0 Å². The van der Waals surface area contributed by atoms with Crippen LogP contribution in [-0.2, 0) is 6.54 Å². The van der Waals surface area contributed by atoms with Gasteiger partial charge in [0.1, 0.15) is 0 Å². The van der Waals surface area contributed by atoms with Gasteiger partial charge in [0.15, 0.2) is 17.5 Å². The lowest BCUT2D eigenvalue weighted by Gasteiger charge is -2.08. The Labute approximate surface area is 97.5 Å². The predicted octanol–water partition coefficient (Wildman–Crippen LogP) is 2.55. The predicted molar refractivity (Wildman–Crippen MR) is 66.1 cm³/mol. The zero-order valence-electron chi connectivity index (χ0n) is 9.51. The molecule has 0 bridgehead atoms. The lowest BCUT2D eigenvalue weighted by Crippen LogP contribution is -2.20. The molecular formula is C13H12N2O2. The molecule has 4 nitrogen and oxygen atoms in total. The van der Waals surface area contributed by atoms with Crippen LogP contribution in [0, 0.1) is 0 Å². The molecule has 0 aliphatic heterocycles. The summed E-state index contributed by atoms with van der Waals surface area (Å²) in [6.45, 7) is 2.75. The smallest absolute Gasteiger partial charge is 0.280 e. The first-order chi connectivity index (χ1) is 8.33. The highest BCUT2D eigenvalue weighted by Crippen LogP contribution is 2.21. The Balaban J connectivity index is 2.57. The number of pyridine rings is 1. The van der Waals surface area contributed by atoms with Gasteiger partial charge in [-0.3, -0.25) is 4.79 Å². The third-order valence-electron chi connectivity index (χ3n) is 2.90. The van der Waals surface area contributed by atoms with Crippen LogP contribution < -0.4 is 5.56 Å². The molecule has 0 aliphatic carbocycles. The van der Waals surface area contributed by atoms with Crippen LogP contribution in [0.3, 0.4) is 0 Å². The van der Waals surface area contributed by atoms with Crippen molar-refractivity contribution < 1.29 is 4.42 Å². The summed E-state index contributed by atoms with van der Waals surface area (Å²) in [5.74, 6) is 0. The quantitative estimate of drug-likeness (QED) is 0.677. The normalized spacial score (nSPS) is 11.4. The summed E-state index contributed by atoms with van der Waals surface area (Å²) in [5, 5.41) is 0.938. The van der Waals surface area contributed by atoms with Crippen molar-refractivity contribution in [3.05, 3.63) is 41.0 Å². The van der Waals surface area contributed by atoms with E-state index in [0.29, 0.717) is 17.6 Å². The second-order valence-corrected chi connectivity index (χ2v) is 4.00. The Morgan fingerprint density at radius 2 is 2.18 bits per heavy atom. The molecule has 0 amide bonds. The largest absolute Gasteiger partial charge is 0.443 e. The molecule has 0 unspecified atom stereocenters. The minimum atomic E-state index is -0.0747. The van der Waals surface area contributed by atoms with Crippen LogP contribution in [-0.4, -0.2) is 9.55 Å². The molecule has 0 saturated heterocycles. The van der Waals surface area contributed by atoms with Crippen LogP contribution >= 0.6 is 0 Å². The van der Waals surface area contributed by atoms with Crippen molar-refractivity contribution in [1.29, 1.82) is 0 Å². The van der Waals surface area contributed by atoms with Crippen molar-refractivity contribution in [3.8, 4) is 0 Å². The molecule has 0 atom stereocenters. The van der Waals surface area contributed by atoms with Crippen molar-refractivity contribution in [2.45, 2.75) is 19.9 Å². The number of oxazole rings is 1. The number of aromatic nitrogens is 2. The molecule has 1 aromatic carbocycles. The van der Waals surface area contributed by atoms with Crippen molar-refractivity contribution in [1.82, 2.24) is 9.55 Å². The molecule has 3 rings (SSSR count). The van der Waals surface area contributed by atoms with Gasteiger partial charge in [0, 0.05) is 11.9 Å². The SMILES string of the molecule is CCCn1c(=O)c2ncoc2c2ccccc21. The van der Waals surface area contributed by atoms with E-state index >= 15 is 0 Å². The Hall–Kier alpha value is -2.10. The average Bonchev–Trinajstić information content (AvgIpc) is 2.84. The van der Waals surface area contributed by atoms with Crippen LogP contribution in [0.25, 0.3) is 22.0 Å². The van der Waals surface area contributed by atoms with Crippen LogP contribution in [0.1, 0.15) is 13.3 Å². The van der Waals surface area contributed by atoms with Gasteiger partial charge in [-0.25, -0.2) is 4.98 Å². The van der Waals surface area contributed by atoms with Gasteiger partial charge < -0.3 is 8.98 Å². The Morgan fingerprint density at radius 1 is 1.35 bits per heavy atom. The average molecular weight is 228 g/mol. The third kappa shape index (κ3) is 1.37. The molecule has 2 aromatic heterocycles. The molecule has 0 fully saturated rings. The van der Waals surface area contributed by atoms with Crippen LogP contribution in [0.2, 0.25) is 0 Å². The summed E-state index contributed by atoms with van der Waals surface area (Å²) in [6.07, 6.45) is 2.24. The van der Waals surface area contributed by atoms with E-state index in [2.05, 4.69) is 4.98 Å². The van der Waals surface area contributed by atoms with E-state index in [1.165, 1.54) is 6.39 Å². The number of hydrogen-bond acceptors (Lipinski definition) is 3. The van der Waals surface area contributed by atoms with E-state index in [0.717, 1.165) is 17.3 Å². The maximum Gasteiger partial charge on any atom is 0.280 e. The number of hydrogen-bond donors (Lipinski definition) is 0. The van der Waals surface area contributed by atoms with Crippen molar-refractivity contribution in [3.63, 3.8) is 0 Å². The first-order valence-electron chi connectivity index (χ1n) is 5.67. The molecule has 3 aromatic rings. The van der Waals surface area contributed by atoms with Crippen LogP contribution in [0.4, 0.5) is 0 Å². The van der Waals surface area contributed by atoms with Crippen molar-refractivity contribution in [2.24, 2.45) is 0 Å². The lowest BCUT2D eigenvalue weighted by molar-refractivity contribution is 0.604. The Morgan fingerprint density at radius 3 is 3.00 bits per heavy atom. The second kappa shape index (κ2) is 3.73. The Kier molecular flexibility index (Phi) is 2.21. The van der Waals surface area contributed by atoms with Gasteiger partial charge in [-0.15, -0.1) is 0 Å². The van der Waals surface area contributed by atoms with Gasteiger partial charge in [-0.2, -0.15) is 0 Å². The molecule has 4 heteroatoms. The molecule has 0 saturated carbocycles. The maximum atomic E-state index is 12.2. The molecule has 0 spiro atoms. The zero-order valence-corrected chi connectivity index (χ0v) is 9.51. The van der Waals surface area contributed by atoms with E-state index in [4.69, 9.17) is 4.42 Å². The third-order valence-corrected chi connectivity index (χ3v) is 2.90. The second-order valence-electron chi connectivity index (χ2n) is 4.00. The number of para-hydroxylation sites is 1. The van der Waals surface area contributed by atoms with Gasteiger partial charge in [-0.1, -0.05) is 19.1 Å². The number of benzene rings is 1. The monoisotopic (exact) mass is 228 g/mol. The number of nitrogens with zero attached hydrogens (tertiary/aromatic N) is 2. The standard InChI is InChI=1S/C13H12N2O2/c1-2-7-15-10-6-4-3-5-9(10)12-11(13(15)16)14-8-17-12/h3-6,8H,2,7H2,1H3. The van der Waals surface area contributed by atoms with Gasteiger partial charge in [0.25, 0.3) is 5.56 Å². The molecule has 0 aliphatic rings. The molecule has 17 heavy (non-hydrogen) atoms. The first kappa shape index (κ1) is 10.1. The van der Waals surface area contributed by atoms with E-state index < -0.39 is 0 Å². The zero-order chi connectivity index (χ0) is 11.8. The van der Waals surface area contributed by atoms with Crippen LogP contribution in [0.15, 0.2) is 39.9 Å². The summed E-state index contributed by atoms with van der Waals surface area (Å²) >= 11 is 0. The molecule has 2 heterocycles. The fourth-order valence-corrected chi connectivity index (χ4v) is 2.17. The number of fused-ring (bicyclic) bond motifs is 3. The topological polar surface area (TPSA) is 48.0 Å². The van der Waals surface area contributed by atoms with E-state index in [9.17, 15) is 4.79 Å². The maximum absolute atomic E-state index is 12.2. The molecule has 0 N–H and O–H groups in total. The van der Waals surface area contributed by atoms with Crippen molar-refractivity contribution in [2.75, 3.05) is 0 Å². The minimum Gasteiger partial charge on any atom is -0.443 e. The summed E-state index contributed by atoms with van der Waals surface area (Å²) < 4.78 is 7.08. The van der Waals surface area contributed by atoms with E-state index in [1.807, 2.05) is 31.2 Å². The van der Waals surface area contributed by atoms with Gasteiger partial charge in [-0.05, 0) is 18.6 Å². The fourth-order valence-electron chi connectivity index (χ4n) is 2.17. The van der Waals surface area contributed by atoms with Gasteiger partial charge >= 0.3 is 0 Å². The summed E-state index contributed by atoms with van der Waals surface area (Å²) in [6, 6.07) is 7.75. The first-order valence-corrected chi connectivity index (χ1v) is 5.67. The minimum absolute atomic E-state index is 0.0747. The van der Waals surface area contributed by atoms with Gasteiger partial charge in [0.05, 0.1) is 5.52 Å². The number of aryl methyl sites for hydroxylation is 1. The highest BCUT2D eigenvalue weighted by molar-refractivity contribution is 6.00. The number of rotatable bonds is 2. The summed E-state index contributed by atoms with van der Waals surface area (Å²) in [5.41, 5.74) is 1.83. The Bertz CT molecular complexity index is 740. The lowest BCUT2D eigenvalue weighted by atomic mass is 10.2.